The Balaban J connectivity index is 2.45. The van der Waals surface area contributed by atoms with E-state index in [0.29, 0.717) is 22.7 Å². The number of anilines is 1. The van der Waals surface area contributed by atoms with E-state index in [0.717, 1.165) is 4.47 Å². The molecule has 94 valence electrons. The number of rotatable bonds is 3. The highest BCUT2D eigenvalue weighted by Crippen LogP contribution is 2.33. The predicted octanol–water partition coefficient (Wildman–Crippen LogP) is 2.52. The first-order valence-corrected chi connectivity index (χ1v) is 6.14. The highest BCUT2D eigenvalue weighted by Gasteiger charge is 2.17. The van der Waals surface area contributed by atoms with Crippen molar-refractivity contribution in [3.8, 4) is 5.75 Å². The van der Waals surface area contributed by atoms with Gasteiger partial charge in [-0.1, -0.05) is 22.0 Å². The zero-order valence-corrected chi connectivity index (χ0v) is 11.4. The molecule has 1 heterocycles. The van der Waals surface area contributed by atoms with Gasteiger partial charge in [0.25, 0.3) is 0 Å². The molecule has 2 rings (SSSR count). The van der Waals surface area contributed by atoms with Crippen molar-refractivity contribution in [1.82, 2.24) is 4.98 Å². The molecular weight excluding hydrogens is 296 g/mol. The van der Waals surface area contributed by atoms with Crippen molar-refractivity contribution in [1.29, 1.82) is 0 Å². The molecule has 1 aromatic heterocycles. The van der Waals surface area contributed by atoms with Crippen molar-refractivity contribution >= 4 is 21.7 Å². The maximum Gasteiger partial charge on any atom is 0.129 e. The summed E-state index contributed by atoms with van der Waals surface area (Å²) in [5.41, 5.74) is 7.03. The van der Waals surface area contributed by atoms with Gasteiger partial charge in [0.1, 0.15) is 17.7 Å². The first-order valence-electron chi connectivity index (χ1n) is 5.35. The first-order chi connectivity index (χ1) is 8.63. The maximum absolute atomic E-state index is 10.4. The van der Waals surface area contributed by atoms with Crippen LogP contribution in [0.1, 0.15) is 17.2 Å². The Morgan fingerprint density at radius 2 is 2.11 bits per heavy atom. The number of nitrogen functional groups attached to an aromatic ring is 1. The molecule has 3 N–H and O–H groups in total. The van der Waals surface area contributed by atoms with Crippen LogP contribution < -0.4 is 10.5 Å². The van der Waals surface area contributed by atoms with E-state index in [4.69, 9.17) is 10.5 Å². The van der Waals surface area contributed by atoms with Crippen LogP contribution in [0.15, 0.2) is 41.0 Å². The highest BCUT2D eigenvalue weighted by molar-refractivity contribution is 9.10. The number of nitrogens with two attached hydrogens (primary N) is 1. The number of aliphatic hydroxyl groups excluding tert-OH is 1. The van der Waals surface area contributed by atoms with Gasteiger partial charge in [-0.05, 0) is 24.3 Å². The predicted molar refractivity (Wildman–Crippen MR) is 73.4 cm³/mol. The number of pyridine rings is 1. The minimum atomic E-state index is -0.844. The number of methoxy groups -OCH3 is 1. The Bertz CT molecular complexity index is 560. The Kier molecular flexibility index (Phi) is 3.84. The van der Waals surface area contributed by atoms with E-state index in [2.05, 4.69) is 20.9 Å². The fraction of sp³-hybridized carbons (Fsp3) is 0.154. The van der Waals surface area contributed by atoms with Crippen molar-refractivity contribution in [2.45, 2.75) is 6.10 Å². The second-order valence-corrected chi connectivity index (χ2v) is 4.62. The lowest BCUT2D eigenvalue weighted by atomic mass is 10.0. The summed E-state index contributed by atoms with van der Waals surface area (Å²) >= 11 is 3.41. The lowest BCUT2D eigenvalue weighted by Gasteiger charge is -2.15. The monoisotopic (exact) mass is 308 g/mol. The van der Waals surface area contributed by atoms with E-state index in [1.165, 1.54) is 0 Å². The summed E-state index contributed by atoms with van der Waals surface area (Å²) in [5, 5.41) is 10.4. The van der Waals surface area contributed by atoms with E-state index in [1.807, 2.05) is 12.1 Å². The van der Waals surface area contributed by atoms with Gasteiger partial charge in [0.05, 0.1) is 7.11 Å². The van der Waals surface area contributed by atoms with Gasteiger partial charge >= 0.3 is 0 Å². The smallest absolute Gasteiger partial charge is 0.129 e. The second kappa shape index (κ2) is 5.37. The minimum absolute atomic E-state index is 0.319. The van der Waals surface area contributed by atoms with Crippen molar-refractivity contribution in [3.05, 3.63) is 52.1 Å². The molecule has 0 saturated heterocycles. The Labute approximate surface area is 114 Å². The molecule has 1 atom stereocenters. The average molecular weight is 309 g/mol. The van der Waals surface area contributed by atoms with Crippen LogP contribution in [0.5, 0.6) is 5.75 Å². The molecule has 0 aliphatic heterocycles. The molecule has 0 spiro atoms. The summed E-state index contributed by atoms with van der Waals surface area (Å²) in [6.45, 7) is 0. The van der Waals surface area contributed by atoms with Crippen molar-refractivity contribution < 1.29 is 9.84 Å². The van der Waals surface area contributed by atoms with Crippen LogP contribution >= 0.6 is 15.9 Å². The third-order valence-electron chi connectivity index (χ3n) is 2.66. The molecule has 0 aliphatic rings. The number of hydrogen-bond donors (Lipinski definition) is 2. The molecule has 0 radical (unpaired) electrons. The molecule has 0 saturated carbocycles. The molecule has 0 fully saturated rings. The largest absolute Gasteiger partial charge is 0.497 e. The number of benzene rings is 1. The van der Waals surface area contributed by atoms with Crippen LogP contribution in [-0.2, 0) is 0 Å². The van der Waals surface area contributed by atoms with Crippen LogP contribution in [0.25, 0.3) is 0 Å². The Hall–Kier alpha value is -1.59. The quantitative estimate of drug-likeness (QED) is 0.914. The van der Waals surface area contributed by atoms with Gasteiger partial charge in [-0.3, -0.25) is 0 Å². The van der Waals surface area contributed by atoms with Gasteiger partial charge in [-0.15, -0.1) is 0 Å². The summed E-state index contributed by atoms with van der Waals surface area (Å²) < 4.78 is 5.94. The molecule has 1 aromatic carbocycles. The number of nitrogens with zero attached hydrogens (tertiary/aromatic N) is 1. The molecule has 2 aromatic rings. The maximum atomic E-state index is 10.4. The lowest BCUT2D eigenvalue weighted by molar-refractivity contribution is 0.219. The standard InChI is InChI=1S/C13H13BrN2O2/c1-18-8-4-5-11(14)10(7-8)12(17)9-3-2-6-16-13(9)15/h2-7,12,17H,1H3,(H2,15,16). The summed E-state index contributed by atoms with van der Waals surface area (Å²) in [6.07, 6.45) is 0.745. The molecule has 1 unspecified atom stereocenters. The molecule has 0 aliphatic carbocycles. The SMILES string of the molecule is COc1ccc(Br)c(C(O)c2cccnc2N)c1. The molecule has 0 amide bonds. The third kappa shape index (κ3) is 2.47. The number of aliphatic hydroxyl groups is 1. The fourth-order valence-corrected chi connectivity index (χ4v) is 2.15. The zero-order valence-electron chi connectivity index (χ0n) is 9.80. The number of aromatic nitrogens is 1. The Morgan fingerprint density at radius 3 is 2.78 bits per heavy atom. The van der Waals surface area contributed by atoms with Crippen LogP contribution in [-0.4, -0.2) is 17.2 Å². The van der Waals surface area contributed by atoms with E-state index >= 15 is 0 Å². The van der Waals surface area contributed by atoms with Gasteiger partial charge in [0.2, 0.25) is 0 Å². The van der Waals surface area contributed by atoms with Gasteiger partial charge in [-0.2, -0.15) is 0 Å². The third-order valence-corrected chi connectivity index (χ3v) is 3.39. The molecular formula is C13H13BrN2O2. The topological polar surface area (TPSA) is 68.4 Å². The van der Waals surface area contributed by atoms with Crippen molar-refractivity contribution in [2.75, 3.05) is 12.8 Å². The van der Waals surface area contributed by atoms with E-state index in [1.54, 1.807) is 31.5 Å². The number of halogens is 1. The van der Waals surface area contributed by atoms with Gasteiger partial charge < -0.3 is 15.6 Å². The highest BCUT2D eigenvalue weighted by atomic mass is 79.9. The van der Waals surface area contributed by atoms with Crippen LogP contribution in [0.3, 0.4) is 0 Å². The summed E-state index contributed by atoms with van der Waals surface area (Å²) in [6, 6.07) is 8.89. The number of ether oxygens (including phenoxy) is 1. The normalized spacial score (nSPS) is 12.2. The van der Waals surface area contributed by atoms with Gasteiger partial charge in [0.15, 0.2) is 0 Å². The van der Waals surface area contributed by atoms with E-state index in [-0.39, 0.29) is 0 Å². The van der Waals surface area contributed by atoms with Crippen LogP contribution in [0.2, 0.25) is 0 Å². The molecule has 4 nitrogen and oxygen atoms in total. The lowest BCUT2D eigenvalue weighted by Crippen LogP contribution is -2.06. The Morgan fingerprint density at radius 1 is 1.33 bits per heavy atom. The second-order valence-electron chi connectivity index (χ2n) is 3.77. The van der Waals surface area contributed by atoms with Gasteiger partial charge in [0, 0.05) is 21.8 Å². The van der Waals surface area contributed by atoms with E-state index in [9.17, 15) is 5.11 Å². The van der Waals surface area contributed by atoms with Crippen LogP contribution in [0, 0.1) is 0 Å². The van der Waals surface area contributed by atoms with Crippen molar-refractivity contribution in [2.24, 2.45) is 0 Å². The molecule has 0 bridgehead atoms. The zero-order chi connectivity index (χ0) is 13.1. The number of hydrogen-bond acceptors (Lipinski definition) is 4. The molecule has 5 heteroatoms. The molecule has 18 heavy (non-hydrogen) atoms. The fourth-order valence-electron chi connectivity index (χ4n) is 1.69. The summed E-state index contributed by atoms with van der Waals surface area (Å²) in [5.74, 6) is 0.995. The van der Waals surface area contributed by atoms with Crippen molar-refractivity contribution in [3.63, 3.8) is 0 Å². The van der Waals surface area contributed by atoms with Crippen LogP contribution in [0.4, 0.5) is 5.82 Å². The average Bonchev–Trinajstić information content (AvgIpc) is 2.39. The summed E-state index contributed by atoms with van der Waals surface area (Å²) in [4.78, 5) is 3.97. The minimum Gasteiger partial charge on any atom is -0.497 e. The first kappa shape index (κ1) is 12.9. The van der Waals surface area contributed by atoms with E-state index < -0.39 is 6.10 Å². The summed E-state index contributed by atoms with van der Waals surface area (Å²) in [7, 11) is 1.58. The van der Waals surface area contributed by atoms with Gasteiger partial charge in [-0.25, -0.2) is 4.98 Å².